The number of likely N-dealkylation sites (tertiary alicyclic amines) is 1. The number of nitrogens with zero attached hydrogens (tertiary/aromatic N) is 1. The van der Waals surface area contributed by atoms with Crippen molar-refractivity contribution >= 4 is 15.9 Å². The molecule has 2 aliphatic rings. The van der Waals surface area contributed by atoms with Gasteiger partial charge in [-0.2, -0.15) is 0 Å². The molecular weight excluding hydrogens is 450 g/mol. The third-order valence-corrected chi connectivity index (χ3v) is 7.60. The summed E-state index contributed by atoms with van der Waals surface area (Å²) in [6, 6.07) is 13.7. The summed E-state index contributed by atoms with van der Waals surface area (Å²) in [5.74, 6) is 0.134. The molecule has 0 unspecified atom stereocenters. The standard InChI is InChI=1S/C26H35N3O4S/c1-26(2)17-20-15-22(34(27,31)32)16-23(24(20)33-26)25(30)28-18-21-12-8-14-29(21)13-7-6-11-19-9-4-3-5-10-19/h3-5,9-10,15-16,21H,6-8,11-14,17-18H2,1-2H3,(H,28,30)(H2,27,31,32)/t21-/m0/s1. The van der Waals surface area contributed by atoms with E-state index in [2.05, 4.69) is 34.5 Å². The van der Waals surface area contributed by atoms with E-state index in [1.807, 2.05) is 19.9 Å². The minimum absolute atomic E-state index is 0.0568. The van der Waals surface area contributed by atoms with Gasteiger partial charge in [-0.05, 0) is 76.7 Å². The third kappa shape index (κ3) is 5.98. The molecule has 184 valence electrons. The highest BCUT2D eigenvalue weighted by molar-refractivity contribution is 7.89. The number of nitrogens with one attached hydrogen (secondary N) is 1. The van der Waals surface area contributed by atoms with Crippen molar-refractivity contribution in [2.45, 2.75) is 68.9 Å². The number of hydrogen-bond acceptors (Lipinski definition) is 5. The molecule has 2 aromatic rings. The zero-order valence-electron chi connectivity index (χ0n) is 20.0. The second-order valence-electron chi connectivity index (χ2n) is 10.0. The van der Waals surface area contributed by atoms with E-state index in [1.165, 1.54) is 17.7 Å². The number of ether oxygens (including phenoxy) is 1. The summed E-state index contributed by atoms with van der Waals surface area (Å²) in [7, 11) is -3.93. The number of benzene rings is 2. The van der Waals surface area contributed by atoms with Crippen molar-refractivity contribution in [1.82, 2.24) is 10.2 Å². The predicted molar refractivity (Wildman–Crippen MR) is 133 cm³/mol. The molecular formula is C26H35N3O4S. The molecule has 1 atom stereocenters. The first kappa shape index (κ1) is 24.7. The van der Waals surface area contributed by atoms with Gasteiger partial charge in [0.15, 0.2) is 0 Å². The fourth-order valence-corrected chi connectivity index (χ4v) is 5.62. The van der Waals surface area contributed by atoms with Gasteiger partial charge in [-0.15, -0.1) is 0 Å². The lowest BCUT2D eigenvalue weighted by atomic mass is 10.0. The van der Waals surface area contributed by atoms with E-state index in [-0.39, 0.29) is 22.4 Å². The molecule has 1 saturated heterocycles. The maximum atomic E-state index is 13.1. The number of fused-ring (bicyclic) bond motifs is 1. The predicted octanol–water partition coefficient (Wildman–Crippen LogP) is 3.26. The van der Waals surface area contributed by atoms with E-state index in [9.17, 15) is 13.2 Å². The number of carbonyl (C=O) groups excluding carboxylic acids is 1. The Labute approximate surface area is 202 Å². The number of rotatable bonds is 9. The van der Waals surface area contributed by atoms with Crippen molar-refractivity contribution < 1.29 is 17.9 Å². The SMILES string of the molecule is CC1(C)Cc2cc(S(N)(=O)=O)cc(C(=O)NC[C@@H]3CCCN3CCCCc3ccccc3)c2O1. The van der Waals surface area contributed by atoms with Gasteiger partial charge in [-0.3, -0.25) is 9.69 Å². The fraction of sp³-hybridized carbons (Fsp3) is 0.500. The quantitative estimate of drug-likeness (QED) is 0.531. The Bertz CT molecular complexity index is 1130. The first-order valence-electron chi connectivity index (χ1n) is 12.1. The minimum atomic E-state index is -3.93. The lowest BCUT2D eigenvalue weighted by Crippen LogP contribution is -2.40. The second-order valence-corrected chi connectivity index (χ2v) is 11.6. The van der Waals surface area contributed by atoms with Crippen molar-refractivity contribution in [1.29, 1.82) is 0 Å². The molecule has 0 bridgehead atoms. The lowest BCUT2D eigenvalue weighted by Gasteiger charge is -2.25. The van der Waals surface area contributed by atoms with Crippen molar-refractivity contribution in [2.24, 2.45) is 5.14 Å². The van der Waals surface area contributed by atoms with Crippen LogP contribution in [0.4, 0.5) is 0 Å². The van der Waals surface area contributed by atoms with Crippen LogP contribution in [0.2, 0.25) is 0 Å². The molecule has 0 radical (unpaired) electrons. The molecule has 8 heteroatoms. The Morgan fingerprint density at radius 1 is 1.21 bits per heavy atom. The van der Waals surface area contributed by atoms with Crippen molar-refractivity contribution in [3.8, 4) is 5.75 Å². The highest BCUT2D eigenvalue weighted by atomic mass is 32.2. The summed E-state index contributed by atoms with van der Waals surface area (Å²) in [5, 5.41) is 8.39. The average molecular weight is 486 g/mol. The number of amides is 1. The Morgan fingerprint density at radius 2 is 1.97 bits per heavy atom. The van der Waals surface area contributed by atoms with Crippen molar-refractivity contribution in [3.05, 3.63) is 59.2 Å². The van der Waals surface area contributed by atoms with Gasteiger partial charge < -0.3 is 10.1 Å². The first-order valence-corrected chi connectivity index (χ1v) is 13.6. The molecule has 0 aliphatic carbocycles. The van der Waals surface area contributed by atoms with Crippen LogP contribution in [-0.4, -0.2) is 50.5 Å². The summed E-state index contributed by atoms with van der Waals surface area (Å²) in [6.45, 7) is 6.41. The molecule has 0 aromatic heterocycles. The topological polar surface area (TPSA) is 102 Å². The van der Waals surface area contributed by atoms with E-state index >= 15 is 0 Å². The van der Waals surface area contributed by atoms with Gasteiger partial charge in [0.05, 0.1) is 10.5 Å². The summed E-state index contributed by atoms with van der Waals surface area (Å²) in [5.41, 5.74) is 1.80. The Kier molecular flexibility index (Phi) is 7.31. The van der Waals surface area contributed by atoms with Crippen LogP contribution in [0.25, 0.3) is 0 Å². The van der Waals surface area contributed by atoms with Gasteiger partial charge in [-0.25, -0.2) is 13.6 Å². The molecule has 4 rings (SSSR count). The maximum Gasteiger partial charge on any atom is 0.255 e. The Hall–Kier alpha value is -2.42. The molecule has 7 nitrogen and oxygen atoms in total. The van der Waals surface area contributed by atoms with Crippen LogP contribution < -0.4 is 15.2 Å². The second kappa shape index (κ2) is 10.1. The minimum Gasteiger partial charge on any atom is -0.486 e. The number of unbranched alkanes of at least 4 members (excludes halogenated alkanes) is 1. The van der Waals surface area contributed by atoms with E-state index < -0.39 is 15.6 Å². The lowest BCUT2D eigenvalue weighted by molar-refractivity contribution is 0.0926. The molecule has 2 aliphatic heterocycles. The fourth-order valence-electron chi connectivity index (χ4n) is 5.03. The molecule has 1 fully saturated rings. The largest absolute Gasteiger partial charge is 0.486 e. The van der Waals surface area contributed by atoms with Crippen LogP contribution in [0, 0.1) is 0 Å². The van der Waals surface area contributed by atoms with Gasteiger partial charge >= 0.3 is 0 Å². The van der Waals surface area contributed by atoms with Gasteiger partial charge in [-0.1, -0.05) is 30.3 Å². The zero-order valence-corrected chi connectivity index (χ0v) is 20.9. The summed E-state index contributed by atoms with van der Waals surface area (Å²) >= 11 is 0. The molecule has 2 aromatic carbocycles. The van der Waals surface area contributed by atoms with Crippen LogP contribution in [0.1, 0.15) is 61.0 Å². The van der Waals surface area contributed by atoms with Crippen LogP contribution in [0.15, 0.2) is 47.4 Å². The average Bonchev–Trinajstić information content (AvgIpc) is 3.36. The van der Waals surface area contributed by atoms with Crippen LogP contribution >= 0.6 is 0 Å². The number of primary sulfonamides is 1. The molecule has 2 heterocycles. The summed E-state index contributed by atoms with van der Waals surface area (Å²) in [4.78, 5) is 15.5. The van der Waals surface area contributed by atoms with E-state index in [4.69, 9.17) is 9.88 Å². The Morgan fingerprint density at radius 3 is 2.71 bits per heavy atom. The van der Waals surface area contributed by atoms with Gasteiger partial charge in [0, 0.05) is 24.6 Å². The van der Waals surface area contributed by atoms with Gasteiger partial charge in [0.25, 0.3) is 5.91 Å². The molecule has 0 spiro atoms. The normalized spacial score (nSPS) is 19.6. The smallest absolute Gasteiger partial charge is 0.255 e. The summed E-state index contributed by atoms with van der Waals surface area (Å²) in [6.07, 6.45) is 6.01. The molecule has 1 amide bonds. The van der Waals surface area contributed by atoms with E-state index in [1.54, 1.807) is 0 Å². The van der Waals surface area contributed by atoms with Crippen LogP contribution in [0.5, 0.6) is 5.75 Å². The molecule has 0 saturated carbocycles. The van der Waals surface area contributed by atoms with E-state index in [0.717, 1.165) is 45.2 Å². The molecule has 34 heavy (non-hydrogen) atoms. The van der Waals surface area contributed by atoms with Crippen molar-refractivity contribution in [2.75, 3.05) is 19.6 Å². The van der Waals surface area contributed by atoms with Gasteiger partial charge in [0.1, 0.15) is 11.4 Å². The zero-order chi connectivity index (χ0) is 24.3. The third-order valence-electron chi connectivity index (χ3n) is 6.71. The molecule has 3 N–H and O–H groups in total. The highest BCUT2D eigenvalue weighted by Gasteiger charge is 2.35. The van der Waals surface area contributed by atoms with Crippen LogP contribution in [0.3, 0.4) is 0 Å². The number of sulfonamides is 1. The highest BCUT2D eigenvalue weighted by Crippen LogP contribution is 2.39. The number of hydrogen-bond donors (Lipinski definition) is 2. The number of aryl methyl sites for hydroxylation is 1. The monoisotopic (exact) mass is 485 g/mol. The first-order chi connectivity index (χ1) is 16.1. The maximum absolute atomic E-state index is 13.1. The Balaban J connectivity index is 1.36. The van der Waals surface area contributed by atoms with Crippen LogP contribution in [-0.2, 0) is 22.9 Å². The van der Waals surface area contributed by atoms with E-state index in [0.29, 0.717) is 24.3 Å². The number of carbonyl (C=O) groups is 1. The van der Waals surface area contributed by atoms with Crippen molar-refractivity contribution in [3.63, 3.8) is 0 Å². The number of nitrogens with two attached hydrogens (primary N) is 1. The summed E-state index contributed by atoms with van der Waals surface area (Å²) < 4.78 is 30.0. The van der Waals surface area contributed by atoms with Gasteiger partial charge in [0.2, 0.25) is 10.0 Å².